The molecule has 43 heavy (non-hydrogen) atoms. The van der Waals surface area contributed by atoms with Crippen molar-refractivity contribution in [1.29, 1.82) is 0 Å². The van der Waals surface area contributed by atoms with Crippen molar-refractivity contribution in [1.82, 2.24) is 20.2 Å². The van der Waals surface area contributed by atoms with Gasteiger partial charge in [0, 0.05) is 70.1 Å². The zero-order chi connectivity index (χ0) is 33.8. The molecule has 10 heteroatoms. The van der Waals surface area contributed by atoms with E-state index >= 15 is 4.39 Å². The van der Waals surface area contributed by atoms with Crippen molar-refractivity contribution in [2.75, 3.05) is 49.0 Å². The third kappa shape index (κ3) is 4.47. The summed E-state index contributed by atoms with van der Waals surface area (Å²) in [5.41, 5.74) is 0.324. The normalized spacial score (nSPS) is 33.2. The topological polar surface area (TPSA) is 77.0 Å². The number of phenols is 1. The van der Waals surface area contributed by atoms with Crippen LogP contribution in [0.4, 0.5) is 20.3 Å². The average Bonchev–Trinajstić information content (AvgIpc) is 3.49. The third-order valence-electron chi connectivity index (χ3n) is 9.66. The number of nitrogens with zero attached hydrogens (tertiary/aromatic N) is 5. The Balaban J connectivity index is 1.21. The van der Waals surface area contributed by atoms with Gasteiger partial charge in [0.2, 0.25) is 0 Å². The van der Waals surface area contributed by atoms with Crippen molar-refractivity contribution < 1.29 is 25.5 Å². The number of hydrogen-bond acceptors (Lipinski definition) is 8. The minimum atomic E-state index is -2.64. The maximum Gasteiger partial charge on any atom is 0.318 e. The lowest BCUT2D eigenvalue weighted by Crippen LogP contribution is -2.61. The van der Waals surface area contributed by atoms with Gasteiger partial charge in [0.05, 0.1) is 27.5 Å². The molecule has 5 saturated heterocycles. The number of anilines is 2. The first-order valence-corrected chi connectivity index (χ1v) is 14.9. The smallest absolute Gasteiger partial charge is 0.318 e. The quantitative estimate of drug-likeness (QED) is 0.433. The molecule has 2 N–H and O–H groups in total. The molecular weight excluding hydrogens is 550 g/mol. The van der Waals surface area contributed by atoms with E-state index in [2.05, 4.69) is 16.1 Å². The summed E-state index contributed by atoms with van der Waals surface area (Å²) in [4.78, 5) is 14.8. The van der Waals surface area contributed by atoms with E-state index in [1.165, 1.54) is 12.1 Å². The van der Waals surface area contributed by atoms with Crippen molar-refractivity contribution >= 4 is 22.3 Å². The third-order valence-corrected chi connectivity index (χ3v) is 9.66. The number of rotatable bonds is 5. The molecule has 4 atom stereocenters. The van der Waals surface area contributed by atoms with E-state index in [4.69, 9.17) is 28.0 Å². The number of phenolic OH excluding ortho intramolecular Hbond substituents is 1. The summed E-state index contributed by atoms with van der Waals surface area (Å²) in [6.07, 6.45) is 5.07. The Hall–Kier alpha value is -3.68. The van der Waals surface area contributed by atoms with Crippen LogP contribution in [-0.4, -0.2) is 83.0 Å². The van der Waals surface area contributed by atoms with Gasteiger partial charge in [-0.25, -0.2) is 8.78 Å². The van der Waals surface area contributed by atoms with E-state index < -0.39 is 43.5 Å². The number of piperazine rings is 1. The molecule has 6 aliphatic rings. The molecule has 0 amide bonds. The van der Waals surface area contributed by atoms with Crippen LogP contribution in [0.25, 0.3) is 10.8 Å². The van der Waals surface area contributed by atoms with Gasteiger partial charge in [-0.2, -0.15) is 9.97 Å². The molecule has 1 aromatic heterocycles. The molecule has 2 unspecified atom stereocenters. The second-order valence-electron chi connectivity index (χ2n) is 12.2. The minimum Gasteiger partial charge on any atom is -0.508 e. The van der Waals surface area contributed by atoms with Gasteiger partial charge in [0.1, 0.15) is 30.1 Å². The average molecular weight is 592 g/mol. The number of terminal acetylenes is 1. The van der Waals surface area contributed by atoms with Crippen molar-refractivity contribution in [2.45, 2.75) is 68.8 Å². The second-order valence-corrected chi connectivity index (χ2v) is 12.2. The number of halogens is 2. The summed E-state index contributed by atoms with van der Waals surface area (Å²) < 4.78 is 79.3. The predicted molar refractivity (Wildman–Crippen MR) is 161 cm³/mol. The van der Waals surface area contributed by atoms with E-state index in [9.17, 15) is 9.50 Å². The molecule has 2 aromatic carbocycles. The fraction of sp³-hybridized carbons (Fsp3) is 0.515. The van der Waals surface area contributed by atoms with Crippen LogP contribution in [-0.2, 0) is 13.0 Å². The molecule has 3 aromatic rings. The first-order chi connectivity index (χ1) is 22.7. The molecule has 224 valence electrons. The Labute approximate surface area is 257 Å². The van der Waals surface area contributed by atoms with Crippen molar-refractivity contribution in [3.63, 3.8) is 0 Å². The molecule has 0 aliphatic carbocycles. The van der Waals surface area contributed by atoms with E-state index in [0.29, 0.717) is 47.5 Å². The summed E-state index contributed by atoms with van der Waals surface area (Å²) in [6.45, 7) is -3.06. The number of piperidine rings is 2. The molecule has 0 spiro atoms. The van der Waals surface area contributed by atoms with Gasteiger partial charge in [-0.05, 0) is 56.1 Å². The molecule has 0 radical (unpaired) electrons. The monoisotopic (exact) mass is 591 g/mol. The lowest BCUT2D eigenvalue weighted by molar-refractivity contribution is 0.107. The lowest BCUT2D eigenvalue weighted by atomic mass is 9.92. The van der Waals surface area contributed by atoms with Gasteiger partial charge < -0.3 is 25.0 Å². The second kappa shape index (κ2) is 10.2. The zero-order valence-corrected chi connectivity index (χ0v) is 23.7. The molecule has 0 saturated carbocycles. The van der Waals surface area contributed by atoms with Gasteiger partial charge in [-0.3, -0.25) is 4.90 Å². The van der Waals surface area contributed by atoms with Crippen LogP contribution < -0.4 is 19.9 Å². The molecular formula is C33H36F2N6O2. The molecule has 6 aliphatic heterocycles. The van der Waals surface area contributed by atoms with Crippen LogP contribution in [0.3, 0.4) is 0 Å². The van der Waals surface area contributed by atoms with Gasteiger partial charge in [0.15, 0.2) is 0 Å². The predicted octanol–water partition coefficient (Wildman–Crippen LogP) is 3.91. The lowest BCUT2D eigenvalue weighted by Gasteiger charge is -2.47. The zero-order valence-electron chi connectivity index (χ0n) is 28.7. The Morgan fingerprint density at radius 3 is 3.00 bits per heavy atom. The number of alkyl halides is 1. The summed E-state index contributed by atoms with van der Waals surface area (Å²) in [7, 11) is 0. The number of benzene rings is 2. The van der Waals surface area contributed by atoms with E-state index in [1.807, 2.05) is 4.90 Å². The number of nitrogens with one attached hydrogen (secondary N) is 1. The Bertz CT molecular complexity index is 1870. The fourth-order valence-corrected chi connectivity index (χ4v) is 7.54. The molecule has 5 fully saturated rings. The van der Waals surface area contributed by atoms with Crippen LogP contribution in [0, 0.1) is 18.2 Å². The van der Waals surface area contributed by atoms with Gasteiger partial charge in [-0.1, -0.05) is 12.0 Å². The number of ether oxygens (including phenoxy) is 1. The summed E-state index contributed by atoms with van der Waals surface area (Å²) in [6, 6.07) is 6.10. The largest absolute Gasteiger partial charge is 0.508 e. The number of fused-ring (bicyclic) bond motifs is 6. The Morgan fingerprint density at radius 2 is 2.21 bits per heavy atom. The standard InChI is InChI=1S/C33H36F2N6O2/c1-2-25-27(35)7-4-20-12-24(42)13-29(30(20)25)39-11-8-26-28(18-39)37-32(38-31(26)41-17-22-5-6-23(41)15-36-22)43-19-33-9-3-10-40(33)16-21(34)14-33/h1,4,7,12-13,21-23,36,42H,3,5-6,8-11,14-19H2/t21-,22?,23?,33+/m1/s1/i10D2,19D2,21D. The van der Waals surface area contributed by atoms with Gasteiger partial charge >= 0.3 is 6.01 Å². The highest BCUT2D eigenvalue weighted by atomic mass is 19.1. The number of hydrogen-bond donors (Lipinski definition) is 2. The van der Waals surface area contributed by atoms with E-state index in [1.54, 1.807) is 12.1 Å². The maximum atomic E-state index is 15.2. The van der Waals surface area contributed by atoms with Gasteiger partial charge in [0.25, 0.3) is 0 Å². The van der Waals surface area contributed by atoms with Crippen molar-refractivity contribution in [2.24, 2.45) is 0 Å². The number of aromatic hydroxyl groups is 1. The molecule has 2 bridgehead atoms. The first-order valence-electron chi connectivity index (χ1n) is 17.4. The van der Waals surface area contributed by atoms with E-state index in [0.717, 1.165) is 29.8 Å². The maximum absolute atomic E-state index is 15.2. The number of aromatic nitrogens is 2. The highest BCUT2D eigenvalue weighted by Gasteiger charge is 2.49. The fourth-order valence-electron chi connectivity index (χ4n) is 7.54. The minimum absolute atomic E-state index is 0.00885. The molecule has 9 rings (SSSR count). The SMILES string of the molecule is [2H]C1([2H])CC[C@@]2(C([2H])([2H])Oc3nc4c(c(N5CC6CCC5CN6)n3)CCN(c3cc(O)cc5ccc(F)c(C#C)c35)C4)C[C@@]([2H])(F)CN12. The summed E-state index contributed by atoms with van der Waals surface area (Å²) >= 11 is 0. The van der Waals surface area contributed by atoms with E-state index in [-0.39, 0.29) is 48.8 Å². The van der Waals surface area contributed by atoms with Crippen molar-refractivity contribution in [3.8, 4) is 24.1 Å². The van der Waals surface area contributed by atoms with Crippen LogP contribution >= 0.6 is 0 Å². The first kappa shape index (κ1) is 21.9. The Morgan fingerprint density at radius 1 is 1.30 bits per heavy atom. The highest BCUT2D eigenvalue weighted by Crippen LogP contribution is 2.42. The summed E-state index contributed by atoms with van der Waals surface area (Å²) in [5, 5.41) is 15.2. The Kier molecular flexibility index (Phi) is 5.20. The highest BCUT2D eigenvalue weighted by molar-refractivity contribution is 6.00. The molecule has 7 heterocycles. The molecule has 8 nitrogen and oxygen atoms in total. The van der Waals surface area contributed by atoms with Crippen molar-refractivity contribution in [3.05, 3.63) is 46.9 Å². The summed E-state index contributed by atoms with van der Waals surface area (Å²) in [5.74, 6) is 2.54. The van der Waals surface area contributed by atoms with Crippen LogP contribution in [0.5, 0.6) is 11.8 Å². The van der Waals surface area contributed by atoms with Gasteiger partial charge in [-0.15, -0.1) is 6.42 Å². The van der Waals surface area contributed by atoms with Crippen LogP contribution in [0.2, 0.25) is 0 Å². The van der Waals surface area contributed by atoms with Crippen LogP contribution in [0.15, 0.2) is 24.3 Å². The van der Waals surface area contributed by atoms with Crippen LogP contribution in [0.1, 0.15) is 55.8 Å².